The number of fused-ring (bicyclic) bond motifs is 1. The van der Waals surface area contributed by atoms with Gasteiger partial charge < -0.3 is 5.11 Å². The van der Waals surface area contributed by atoms with Crippen molar-refractivity contribution < 1.29 is 9.90 Å². The minimum absolute atomic E-state index is 0.352. The van der Waals surface area contributed by atoms with E-state index < -0.39 is 11.4 Å². The Morgan fingerprint density at radius 3 is 2.45 bits per heavy atom. The van der Waals surface area contributed by atoms with E-state index in [0.29, 0.717) is 17.9 Å². The van der Waals surface area contributed by atoms with Crippen LogP contribution in [-0.2, 0) is 10.2 Å². The number of hydrogen-bond donors (Lipinski definition) is 1. The van der Waals surface area contributed by atoms with Crippen molar-refractivity contribution in [3.8, 4) is 0 Å². The van der Waals surface area contributed by atoms with E-state index in [0.717, 1.165) is 55.5 Å². The molecule has 0 amide bonds. The lowest BCUT2D eigenvalue weighted by atomic mass is 9.64. The molecule has 1 heterocycles. The number of aliphatic imine (C=N–C) groups is 2. The summed E-state index contributed by atoms with van der Waals surface area (Å²) in [6, 6.07) is 8.34. The number of nitrogens with zero attached hydrogens (tertiary/aromatic N) is 2. The summed E-state index contributed by atoms with van der Waals surface area (Å²) >= 11 is 0. The van der Waals surface area contributed by atoms with E-state index in [9.17, 15) is 9.90 Å². The van der Waals surface area contributed by atoms with E-state index in [1.807, 2.05) is 24.3 Å². The smallest absolute Gasteiger partial charge is 0.314 e. The van der Waals surface area contributed by atoms with Crippen molar-refractivity contribution in [1.29, 1.82) is 0 Å². The third kappa shape index (κ3) is 3.68. The fourth-order valence-electron chi connectivity index (χ4n) is 6.20. The molecule has 3 fully saturated rings. The highest BCUT2D eigenvalue weighted by Crippen LogP contribution is 2.44. The van der Waals surface area contributed by atoms with Crippen LogP contribution < -0.4 is 0 Å². The minimum Gasteiger partial charge on any atom is -0.481 e. The lowest BCUT2D eigenvalue weighted by Gasteiger charge is -2.38. The average Bonchev–Trinajstić information content (AvgIpc) is 3.40. The molecule has 31 heavy (non-hydrogen) atoms. The predicted molar refractivity (Wildman–Crippen MR) is 126 cm³/mol. The summed E-state index contributed by atoms with van der Waals surface area (Å²) in [5.41, 5.74) is 5.15. The molecule has 2 unspecified atom stereocenters. The van der Waals surface area contributed by atoms with Gasteiger partial charge >= 0.3 is 5.97 Å². The van der Waals surface area contributed by atoms with E-state index in [4.69, 9.17) is 9.98 Å². The Morgan fingerprint density at radius 2 is 1.84 bits per heavy atom. The molecule has 5 rings (SSSR count). The second-order valence-corrected chi connectivity index (χ2v) is 9.95. The summed E-state index contributed by atoms with van der Waals surface area (Å²) in [5.74, 6) is 0.361. The van der Waals surface area contributed by atoms with Crippen LogP contribution in [0.1, 0.15) is 83.1 Å². The van der Waals surface area contributed by atoms with Crippen molar-refractivity contribution in [2.75, 3.05) is 0 Å². The molecular weight excluding hydrogens is 384 g/mol. The van der Waals surface area contributed by atoms with Crippen molar-refractivity contribution in [1.82, 2.24) is 0 Å². The Labute approximate surface area is 185 Å². The largest absolute Gasteiger partial charge is 0.481 e. The number of hydrogen-bond acceptors (Lipinski definition) is 3. The predicted octanol–water partition coefficient (Wildman–Crippen LogP) is 6.42. The average molecular weight is 419 g/mol. The topological polar surface area (TPSA) is 62.0 Å². The lowest BCUT2D eigenvalue weighted by molar-refractivity contribution is -0.147. The fourth-order valence-corrected chi connectivity index (χ4v) is 6.20. The van der Waals surface area contributed by atoms with E-state index in [2.05, 4.69) is 13.0 Å². The first-order valence-electron chi connectivity index (χ1n) is 12.3. The van der Waals surface area contributed by atoms with E-state index >= 15 is 0 Å². The first kappa shape index (κ1) is 20.7. The molecule has 4 nitrogen and oxygen atoms in total. The van der Waals surface area contributed by atoms with Gasteiger partial charge in [-0.25, -0.2) is 0 Å². The quantitative estimate of drug-likeness (QED) is 0.600. The maximum atomic E-state index is 11.8. The summed E-state index contributed by atoms with van der Waals surface area (Å²) in [5, 5.41) is 9.72. The number of carboxylic acid groups (broad SMARTS) is 1. The molecule has 1 N–H and O–H groups in total. The van der Waals surface area contributed by atoms with E-state index in [1.165, 1.54) is 43.4 Å². The van der Waals surface area contributed by atoms with E-state index in [-0.39, 0.29) is 0 Å². The molecule has 0 bridgehead atoms. The highest BCUT2D eigenvalue weighted by atomic mass is 16.4. The lowest BCUT2D eigenvalue weighted by Crippen LogP contribution is -2.42. The zero-order valence-electron chi connectivity index (χ0n) is 18.6. The Balaban J connectivity index is 1.47. The monoisotopic (exact) mass is 418 g/mol. The van der Waals surface area contributed by atoms with Gasteiger partial charge in [0.05, 0.1) is 17.1 Å². The number of benzene rings is 1. The summed E-state index contributed by atoms with van der Waals surface area (Å²) in [6.07, 6.45) is 14.6. The van der Waals surface area contributed by atoms with Gasteiger partial charge in [-0.3, -0.25) is 14.8 Å². The van der Waals surface area contributed by atoms with Crippen LogP contribution in [0.25, 0.3) is 0 Å². The first-order valence-corrected chi connectivity index (χ1v) is 12.3. The zero-order valence-corrected chi connectivity index (χ0v) is 18.6. The van der Waals surface area contributed by atoms with Crippen LogP contribution in [0.4, 0.5) is 5.69 Å². The molecule has 0 spiro atoms. The van der Waals surface area contributed by atoms with Gasteiger partial charge in [0.15, 0.2) is 0 Å². The molecule has 0 aromatic heterocycles. The number of carboxylic acids is 1. The van der Waals surface area contributed by atoms with Crippen LogP contribution in [0.5, 0.6) is 0 Å². The molecule has 0 saturated heterocycles. The van der Waals surface area contributed by atoms with Gasteiger partial charge in [-0.15, -0.1) is 0 Å². The maximum Gasteiger partial charge on any atom is 0.314 e. The second-order valence-electron chi connectivity index (χ2n) is 9.95. The van der Waals surface area contributed by atoms with Gasteiger partial charge in [0, 0.05) is 17.3 Å². The van der Waals surface area contributed by atoms with Crippen LogP contribution in [-0.4, -0.2) is 28.5 Å². The highest BCUT2D eigenvalue weighted by molar-refractivity contribution is 6.15. The molecular formula is C27H34N2O2. The highest BCUT2D eigenvalue weighted by Gasteiger charge is 2.45. The molecule has 4 heteroatoms. The third-order valence-corrected chi connectivity index (χ3v) is 8.25. The molecule has 3 saturated carbocycles. The van der Waals surface area contributed by atoms with Gasteiger partial charge in [0.1, 0.15) is 0 Å². The standard InChI is InChI=1S/C27H34N2O2/c1-2-18-17-24(22-9-5-10-23(22)29-25(18)19-7-3-4-8-19)28-21-13-11-20(12-14-21)27(26(30)31)15-6-16-27/h11-14,17,19,22,25H,2-10,15-16H2,1H3,(H,30,31). The number of rotatable bonds is 5. The van der Waals surface area contributed by atoms with Crippen molar-refractivity contribution in [2.24, 2.45) is 21.8 Å². The number of carbonyl (C=O) groups is 1. The van der Waals surface area contributed by atoms with E-state index in [1.54, 1.807) is 0 Å². The third-order valence-electron chi connectivity index (χ3n) is 8.25. The van der Waals surface area contributed by atoms with Crippen LogP contribution >= 0.6 is 0 Å². The van der Waals surface area contributed by atoms with Crippen LogP contribution in [0.3, 0.4) is 0 Å². The second kappa shape index (κ2) is 8.37. The Bertz CT molecular complexity index is 930. The van der Waals surface area contributed by atoms with Gasteiger partial charge in [0.25, 0.3) is 0 Å². The molecule has 1 aromatic rings. The van der Waals surface area contributed by atoms with Gasteiger partial charge in [-0.05, 0) is 86.6 Å². The van der Waals surface area contributed by atoms with Gasteiger partial charge in [-0.1, -0.05) is 38.3 Å². The summed E-state index contributed by atoms with van der Waals surface area (Å²) in [7, 11) is 0. The van der Waals surface area contributed by atoms with Crippen molar-refractivity contribution in [3.63, 3.8) is 0 Å². The van der Waals surface area contributed by atoms with Gasteiger partial charge in [-0.2, -0.15) is 0 Å². The Hall–Kier alpha value is -2.23. The van der Waals surface area contributed by atoms with Crippen LogP contribution in [0.2, 0.25) is 0 Å². The summed E-state index contributed by atoms with van der Waals surface area (Å²) < 4.78 is 0. The van der Waals surface area contributed by atoms with Crippen molar-refractivity contribution >= 4 is 23.1 Å². The van der Waals surface area contributed by atoms with Crippen LogP contribution in [0.15, 0.2) is 45.9 Å². The van der Waals surface area contributed by atoms with Crippen LogP contribution in [0, 0.1) is 11.8 Å². The van der Waals surface area contributed by atoms with Crippen molar-refractivity contribution in [2.45, 2.75) is 89.0 Å². The molecule has 3 aliphatic carbocycles. The number of allylic oxidation sites excluding steroid dienone is 1. The minimum atomic E-state index is -0.693. The normalized spacial score (nSPS) is 29.1. The SMILES string of the molecule is CCC1=CC(=Nc2ccc(C3(C(=O)O)CCC3)cc2)C2CCCC2=NC1C1CCCC1. The molecule has 1 aliphatic heterocycles. The van der Waals surface area contributed by atoms with Gasteiger partial charge in [0.2, 0.25) is 0 Å². The molecule has 4 aliphatic rings. The fraction of sp³-hybridized carbons (Fsp3) is 0.593. The Morgan fingerprint density at radius 1 is 1.10 bits per heavy atom. The molecule has 1 aromatic carbocycles. The summed E-state index contributed by atoms with van der Waals surface area (Å²) in [4.78, 5) is 22.3. The molecule has 2 atom stereocenters. The summed E-state index contributed by atoms with van der Waals surface area (Å²) in [6.45, 7) is 2.26. The molecule has 0 radical (unpaired) electrons. The van der Waals surface area contributed by atoms with Crippen molar-refractivity contribution in [3.05, 3.63) is 41.5 Å². The number of aliphatic carboxylic acids is 1. The first-order chi connectivity index (χ1) is 15.1. The zero-order chi connectivity index (χ0) is 21.4. The maximum absolute atomic E-state index is 11.8. The Kier molecular flexibility index (Phi) is 5.58. The molecule has 164 valence electrons.